The Morgan fingerprint density at radius 1 is 1.07 bits per heavy atom. The lowest BCUT2D eigenvalue weighted by atomic mass is 10.1. The van der Waals surface area contributed by atoms with E-state index in [1.165, 1.54) is 19.1 Å². The summed E-state index contributed by atoms with van der Waals surface area (Å²) < 4.78 is 10.4. The molecule has 0 radical (unpaired) electrons. The Hall–Kier alpha value is -2.44. The first kappa shape index (κ1) is 20.9. The summed E-state index contributed by atoms with van der Waals surface area (Å²) in [5, 5.41) is 3.29. The molecule has 6 nitrogen and oxygen atoms in total. The number of halogens is 2. The summed E-state index contributed by atoms with van der Waals surface area (Å²) in [4.78, 5) is 26.7. The third kappa shape index (κ3) is 5.05. The van der Waals surface area contributed by atoms with Gasteiger partial charge in [0.05, 0.1) is 35.5 Å². The molecule has 0 fully saturated rings. The van der Waals surface area contributed by atoms with Crippen molar-refractivity contribution in [2.75, 3.05) is 32.6 Å². The molecule has 0 saturated carbocycles. The highest BCUT2D eigenvalue weighted by molar-refractivity contribution is 6.39. The maximum absolute atomic E-state index is 12.9. The van der Waals surface area contributed by atoms with Gasteiger partial charge in [0, 0.05) is 6.54 Å². The van der Waals surface area contributed by atoms with Crippen molar-refractivity contribution >= 4 is 40.7 Å². The number of ether oxygens (including phenoxy) is 2. The minimum Gasteiger partial charge on any atom is -0.497 e. The lowest BCUT2D eigenvalue weighted by Crippen LogP contribution is -2.38. The standard InChI is InChI=1S/C19H20Cl2N2O4/c1-4-23(11-17(24)22-18-14(20)6-5-7-15(18)21)19(25)13-10-12(26-2)8-9-16(13)27-3/h5-10H,4,11H2,1-3H3,(H,22,24). The zero-order valence-corrected chi connectivity index (χ0v) is 16.7. The van der Waals surface area contributed by atoms with Crippen molar-refractivity contribution in [3.05, 3.63) is 52.0 Å². The topological polar surface area (TPSA) is 67.9 Å². The van der Waals surface area contributed by atoms with Gasteiger partial charge in [0.15, 0.2) is 0 Å². The van der Waals surface area contributed by atoms with E-state index >= 15 is 0 Å². The van der Waals surface area contributed by atoms with Crippen LogP contribution in [0.4, 0.5) is 5.69 Å². The fraction of sp³-hybridized carbons (Fsp3) is 0.263. The van der Waals surface area contributed by atoms with E-state index in [2.05, 4.69) is 5.32 Å². The Morgan fingerprint density at radius 2 is 1.74 bits per heavy atom. The first-order valence-corrected chi connectivity index (χ1v) is 8.92. The van der Waals surface area contributed by atoms with Crippen LogP contribution in [0.15, 0.2) is 36.4 Å². The van der Waals surface area contributed by atoms with Crippen molar-refractivity contribution in [3.63, 3.8) is 0 Å². The van der Waals surface area contributed by atoms with Gasteiger partial charge in [0.2, 0.25) is 5.91 Å². The second-order valence-corrected chi connectivity index (χ2v) is 6.34. The van der Waals surface area contributed by atoms with Gasteiger partial charge >= 0.3 is 0 Å². The molecule has 2 amide bonds. The first-order chi connectivity index (χ1) is 12.9. The van der Waals surface area contributed by atoms with Crippen LogP contribution in [0.2, 0.25) is 10.0 Å². The number of hydrogen-bond donors (Lipinski definition) is 1. The average Bonchev–Trinajstić information content (AvgIpc) is 2.68. The number of carbonyl (C=O) groups is 2. The number of likely N-dealkylation sites (N-methyl/N-ethyl adjacent to an activating group) is 1. The van der Waals surface area contributed by atoms with Crippen LogP contribution in [0, 0.1) is 0 Å². The summed E-state index contributed by atoms with van der Waals surface area (Å²) in [5.74, 6) is 0.145. The predicted molar refractivity (Wildman–Crippen MR) is 106 cm³/mol. The van der Waals surface area contributed by atoms with Crippen LogP contribution in [-0.4, -0.2) is 44.0 Å². The number of hydrogen-bond acceptors (Lipinski definition) is 4. The molecule has 0 saturated heterocycles. The summed E-state index contributed by atoms with van der Waals surface area (Å²) in [6.45, 7) is 1.93. The minimum absolute atomic E-state index is 0.169. The predicted octanol–water partition coefficient (Wildman–Crippen LogP) is 4.11. The Labute approximate surface area is 168 Å². The van der Waals surface area contributed by atoms with E-state index in [9.17, 15) is 9.59 Å². The molecule has 0 aliphatic carbocycles. The molecule has 1 N–H and O–H groups in total. The van der Waals surface area contributed by atoms with E-state index in [0.717, 1.165) is 0 Å². The number of nitrogens with one attached hydrogen (secondary N) is 1. The van der Waals surface area contributed by atoms with Crippen LogP contribution in [0.3, 0.4) is 0 Å². The second-order valence-electron chi connectivity index (χ2n) is 5.53. The molecule has 144 valence electrons. The number of carbonyl (C=O) groups excluding carboxylic acids is 2. The van der Waals surface area contributed by atoms with Crippen LogP contribution in [0.25, 0.3) is 0 Å². The molecule has 0 aliphatic heterocycles. The second kappa shape index (κ2) is 9.48. The molecule has 0 heterocycles. The van der Waals surface area contributed by atoms with Gasteiger partial charge in [-0.1, -0.05) is 29.3 Å². The smallest absolute Gasteiger partial charge is 0.258 e. The quantitative estimate of drug-likeness (QED) is 0.745. The molecular formula is C19H20Cl2N2O4. The molecular weight excluding hydrogens is 391 g/mol. The summed E-state index contributed by atoms with van der Waals surface area (Å²) in [7, 11) is 2.98. The van der Waals surface area contributed by atoms with E-state index in [4.69, 9.17) is 32.7 Å². The molecule has 2 aromatic rings. The van der Waals surface area contributed by atoms with Crippen molar-refractivity contribution in [1.29, 1.82) is 0 Å². The van der Waals surface area contributed by atoms with E-state index in [1.807, 2.05) is 0 Å². The maximum Gasteiger partial charge on any atom is 0.258 e. The van der Waals surface area contributed by atoms with Crippen LogP contribution in [0.5, 0.6) is 11.5 Å². The van der Waals surface area contributed by atoms with E-state index in [0.29, 0.717) is 39.3 Å². The largest absolute Gasteiger partial charge is 0.497 e. The molecule has 2 rings (SSSR count). The number of para-hydroxylation sites is 1. The molecule has 0 atom stereocenters. The summed E-state index contributed by atoms with van der Waals surface area (Å²) in [6.07, 6.45) is 0. The fourth-order valence-corrected chi connectivity index (χ4v) is 2.94. The normalized spacial score (nSPS) is 10.3. The van der Waals surface area contributed by atoms with Gasteiger partial charge in [-0.15, -0.1) is 0 Å². The lowest BCUT2D eigenvalue weighted by molar-refractivity contribution is -0.116. The number of nitrogens with zero attached hydrogens (tertiary/aromatic N) is 1. The average molecular weight is 411 g/mol. The summed E-state index contributed by atoms with van der Waals surface area (Å²) in [5.41, 5.74) is 0.621. The molecule has 27 heavy (non-hydrogen) atoms. The third-order valence-electron chi connectivity index (χ3n) is 3.87. The van der Waals surface area contributed by atoms with Crippen molar-refractivity contribution in [1.82, 2.24) is 4.90 Å². The lowest BCUT2D eigenvalue weighted by Gasteiger charge is -2.22. The SMILES string of the molecule is CCN(CC(=O)Nc1c(Cl)cccc1Cl)C(=O)c1cc(OC)ccc1OC. The monoisotopic (exact) mass is 410 g/mol. The van der Waals surface area contributed by atoms with E-state index in [-0.39, 0.29) is 12.5 Å². The maximum atomic E-state index is 12.9. The molecule has 8 heteroatoms. The van der Waals surface area contributed by atoms with E-state index in [1.54, 1.807) is 43.3 Å². The molecule has 0 unspecified atom stereocenters. The molecule has 2 aromatic carbocycles. The number of amides is 2. The van der Waals surface area contributed by atoms with Crippen LogP contribution < -0.4 is 14.8 Å². The molecule has 0 spiro atoms. The highest BCUT2D eigenvalue weighted by Crippen LogP contribution is 2.30. The van der Waals surface area contributed by atoms with Gasteiger partial charge in [-0.3, -0.25) is 9.59 Å². The Kier molecular flexibility index (Phi) is 7.33. The van der Waals surface area contributed by atoms with Gasteiger partial charge in [-0.25, -0.2) is 0 Å². The van der Waals surface area contributed by atoms with Gasteiger partial charge in [0.1, 0.15) is 18.0 Å². The number of methoxy groups -OCH3 is 2. The zero-order valence-electron chi connectivity index (χ0n) is 15.2. The number of anilines is 1. The van der Waals surface area contributed by atoms with Crippen molar-refractivity contribution in [3.8, 4) is 11.5 Å². The van der Waals surface area contributed by atoms with Crippen LogP contribution >= 0.6 is 23.2 Å². The Morgan fingerprint density at radius 3 is 2.30 bits per heavy atom. The molecule has 0 aromatic heterocycles. The first-order valence-electron chi connectivity index (χ1n) is 8.16. The van der Waals surface area contributed by atoms with Crippen molar-refractivity contribution in [2.45, 2.75) is 6.92 Å². The van der Waals surface area contributed by atoms with Crippen LogP contribution in [0.1, 0.15) is 17.3 Å². The summed E-state index contributed by atoms with van der Waals surface area (Å²) in [6, 6.07) is 9.82. The highest BCUT2D eigenvalue weighted by atomic mass is 35.5. The van der Waals surface area contributed by atoms with Crippen molar-refractivity contribution in [2.24, 2.45) is 0 Å². The molecule has 0 aliphatic rings. The Bertz CT molecular complexity index is 822. The third-order valence-corrected chi connectivity index (χ3v) is 4.50. The van der Waals surface area contributed by atoms with E-state index < -0.39 is 5.91 Å². The van der Waals surface area contributed by atoms with Crippen LogP contribution in [-0.2, 0) is 4.79 Å². The zero-order chi connectivity index (χ0) is 20.0. The Balaban J connectivity index is 2.19. The van der Waals surface area contributed by atoms with Crippen molar-refractivity contribution < 1.29 is 19.1 Å². The van der Waals surface area contributed by atoms with Gasteiger partial charge in [-0.2, -0.15) is 0 Å². The molecule has 0 bridgehead atoms. The fourth-order valence-electron chi connectivity index (χ4n) is 2.45. The number of rotatable bonds is 7. The number of benzene rings is 2. The van der Waals surface area contributed by atoms with Gasteiger partial charge < -0.3 is 19.7 Å². The van der Waals surface area contributed by atoms with Gasteiger partial charge in [0.25, 0.3) is 5.91 Å². The van der Waals surface area contributed by atoms with Gasteiger partial charge in [-0.05, 0) is 37.3 Å². The summed E-state index contributed by atoms with van der Waals surface area (Å²) >= 11 is 12.1. The highest BCUT2D eigenvalue weighted by Gasteiger charge is 2.22. The minimum atomic E-state index is -0.415.